The van der Waals surface area contributed by atoms with Crippen molar-refractivity contribution in [2.24, 2.45) is 16.5 Å². The van der Waals surface area contributed by atoms with E-state index >= 15 is 0 Å². The quantitative estimate of drug-likeness (QED) is 0.231. The minimum Gasteiger partial charge on any atom is -0.370 e. The number of rotatable bonds is 5. The maximum atomic E-state index is 10.9. The van der Waals surface area contributed by atoms with Crippen LogP contribution in [0.4, 0.5) is 0 Å². The molecule has 0 saturated carbocycles. The number of hydrogen-bond acceptors (Lipinski definition) is 3. The Kier molecular flexibility index (Phi) is 5.24. The van der Waals surface area contributed by atoms with E-state index in [1.807, 2.05) is 0 Å². The summed E-state index contributed by atoms with van der Waals surface area (Å²) in [5.74, 6) is 0.0677. The van der Waals surface area contributed by atoms with Gasteiger partial charge in [0.2, 0.25) is 5.12 Å². The third-order valence-electron chi connectivity index (χ3n) is 1.58. The summed E-state index contributed by atoms with van der Waals surface area (Å²) in [7, 11) is 0. The van der Waals surface area contributed by atoms with Gasteiger partial charge in [-0.1, -0.05) is 0 Å². The highest BCUT2D eigenvalue weighted by Crippen LogP contribution is 2.22. The van der Waals surface area contributed by atoms with E-state index in [1.165, 1.54) is 0 Å². The zero-order chi connectivity index (χ0) is 10.5. The molecule has 0 aliphatic rings. The van der Waals surface area contributed by atoms with Gasteiger partial charge in [0.25, 0.3) is 0 Å². The van der Waals surface area contributed by atoms with Crippen molar-refractivity contribution < 1.29 is 4.79 Å². The highest BCUT2D eigenvalue weighted by atomic mass is 32.1. The molecule has 0 aromatic carbocycles. The predicted molar refractivity (Wildman–Crippen MR) is 61.3 cm³/mol. The van der Waals surface area contributed by atoms with Crippen LogP contribution in [0.3, 0.4) is 0 Å². The maximum Gasteiger partial charge on any atom is 0.201 e. The Hall–Kier alpha value is -0.360. The molecule has 0 aromatic heterocycles. The predicted octanol–water partition coefficient (Wildman–Crippen LogP) is 0.185. The first-order valence-electron chi connectivity index (χ1n) is 3.87. The number of nitrogens with zero attached hydrogens (tertiary/aromatic N) is 1. The molecule has 6 heteroatoms. The summed E-state index contributed by atoms with van der Waals surface area (Å²) in [5, 5.41) is -0.236. The molecule has 0 heterocycles. The molecule has 1 atom stereocenters. The zero-order valence-electron chi connectivity index (χ0n) is 7.53. The first-order valence-corrected chi connectivity index (χ1v) is 4.77. The van der Waals surface area contributed by atoms with Crippen LogP contribution in [0.5, 0.6) is 0 Å². The zero-order valence-corrected chi connectivity index (χ0v) is 9.31. The van der Waals surface area contributed by atoms with Gasteiger partial charge in [0.05, 0.1) is 4.75 Å². The van der Waals surface area contributed by atoms with E-state index < -0.39 is 4.75 Å². The summed E-state index contributed by atoms with van der Waals surface area (Å²) < 4.78 is -0.692. The molecule has 0 saturated heterocycles. The van der Waals surface area contributed by atoms with Gasteiger partial charge in [-0.15, -0.1) is 12.6 Å². The lowest BCUT2D eigenvalue weighted by atomic mass is 10.1. The Morgan fingerprint density at radius 3 is 2.46 bits per heavy atom. The monoisotopic (exact) mass is 221 g/mol. The summed E-state index contributed by atoms with van der Waals surface area (Å²) in [6.45, 7) is 2.24. The average Bonchev–Trinajstić information content (AvgIpc) is 1.97. The highest BCUT2D eigenvalue weighted by Gasteiger charge is 2.24. The maximum absolute atomic E-state index is 10.9. The van der Waals surface area contributed by atoms with Crippen LogP contribution < -0.4 is 11.5 Å². The van der Waals surface area contributed by atoms with Crippen molar-refractivity contribution in [1.29, 1.82) is 0 Å². The van der Waals surface area contributed by atoms with Gasteiger partial charge in [-0.3, -0.25) is 9.79 Å². The number of nitrogens with two attached hydrogens (primary N) is 2. The summed E-state index contributed by atoms with van der Waals surface area (Å²) >= 11 is 7.89. The fourth-order valence-electron chi connectivity index (χ4n) is 0.738. The first-order chi connectivity index (χ1) is 5.86. The number of carbonyl (C=O) groups is 1. The molecule has 1 unspecified atom stereocenters. The number of hydrogen-bond donors (Lipinski definition) is 4. The van der Waals surface area contributed by atoms with Crippen LogP contribution >= 0.6 is 25.3 Å². The lowest BCUT2D eigenvalue weighted by Gasteiger charge is -2.17. The Morgan fingerprint density at radius 2 is 2.08 bits per heavy atom. The minimum absolute atomic E-state index is 0.0677. The van der Waals surface area contributed by atoms with Crippen molar-refractivity contribution in [3.8, 4) is 0 Å². The van der Waals surface area contributed by atoms with Crippen molar-refractivity contribution in [2.75, 3.05) is 6.54 Å². The first kappa shape index (κ1) is 12.6. The third-order valence-corrected chi connectivity index (χ3v) is 2.67. The van der Waals surface area contributed by atoms with Gasteiger partial charge in [0.1, 0.15) is 0 Å². The van der Waals surface area contributed by atoms with Crippen molar-refractivity contribution in [2.45, 2.75) is 24.5 Å². The molecule has 0 aliphatic heterocycles. The van der Waals surface area contributed by atoms with E-state index in [4.69, 9.17) is 11.5 Å². The van der Waals surface area contributed by atoms with Crippen LogP contribution in [0, 0.1) is 0 Å². The van der Waals surface area contributed by atoms with Gasteiger partial charge in [-0.2, -0.15) is 12.6 Å². The SMILES string of the molecule is CC(S)(CCCN=C(N)N)C(=O)S. The largest absolute Gasteiger partial charge is 0.370 e. The van der Waals surface area contributed by atoms with E-state index in [-0.39, 0.29) is 11.1 Å². The fraction of sp³-hybridized carbons (Fsp3) is 0.714. The van der Waals surface area contributed by atoms with Gasteiger partial charge in [0.15, 0.2) is 5.96 Å². The van der Waals surface area contributed by atoms with Gasteiger partial charge in [-0.25, -0.2) is 0 Å². The summed E-state index contributed by atoms with van der Waals surface area (Å²) in [5.41, 5.74) is 10.3. The van der Waals surface area contributed by atoms with Crippen LogP contribution in [0.2, 0.25) is 0 Å². The number of carbonyl (C=O) groups excluding carboxylic acids is 1. The van der Waals surface area contributed by atoms with Gasteiger partial charge in [0, 0.05) is 6.54 Å². The fourth-order valence-corrected chi connectivity index (χ4v) is 1.01. The molecular weight excluding hydrogens is 206 g/mol. The number of guanidine groups is 1. The number of thiol groups is 2. The van der Waals surface area contributed by atoms with Gasteiger partial charge < -0.3 is 11.5 Å². The second-order valence-corrected chi connectivity index (χ2v) is 4.38. The summed E-state index contributed by atoms with van der Waals surface area (Å²) in [4.78, 5) is 14.7. The highest BCUT2D eigenvalue weighted by molar-refractivity contribution is 7.99. The summed E-state index contributed by atoms with van der Waals surface area (Å²) in [6, 6.07) is 0. The van der Waals surface area contributed by atoms with Crippen LogP contribution in [0.15, 0.2) is 4.99 Å². The molecule has 0 aliphatic carbocycles. The number of aliphatic imine (C=N–C) groups is 1. The lowest BCUT2D eigenvalue weighted by Crippen LogP contribution is -2.26. The van der Waals surface area contributed by atoms with Gasteiger partial charge in [-0.05, 0) is 19.8 Å². The molecule has 4 nitrogen and oxygen atoms in total. The second kappa shape index (κ2) is 5.39. The van der Waals surface area contributed by atoms with Gasteiger partial charge >= 0.3 is 0 Å². The molecule has 4 N–H and O–H groups in total. The molecule has 13 heavy (non-hydrogen) atoms. The van der Waals surface area contributed by atoms with E-state index in [0.29, 0.717) is 19.4 Å². The van der Waals surface area contributed by atoms with E-state index in [2.05, 4.69) is 30.2 Å². The normalized spacial score (nSPS) is 14.7. The smallest absolute Gasteiger partial charge is 0.201 e. The molecule has 0 radical (unpaired) electrons. The molecule has 0 aromatic rings. The molecule has 76 valence electrons. The van der Waals surface area contributed by atoms with E-state index in [1.54, 1.807) is 6.92 Å². The Morgan fingerprint density at radius 1 is 1.54 bits per heavy atom. The van der Waals surface area contributed by atoms with Crippen molar-refractivity contribution in [3.63, 3.8) is 0 Å². The van der Waals surface area contributed by atoms with Crippen molar-refractivity contribution in [3.05, 3.63) is 0 Å². The van der Waals surface area contributed by atoms with E-state index in [9.17, 15) is 4.79 Å². The average molecular weight is 221 g/mol. The lowest BCUT2D eigenvalue weighted by molar-refractivity contribution is -0.112. The molecule has 0 rings (SSSR count). The second-order valence-electron chi connectivity index (χ2n) is 2.99. The Balaban J connectivity index is 3.77. The van der Waals surface area contributed by atoms with Crippen LogP contribution in [0.1, 0.15) is 19.8 Å². The van der Waals surface area contributed by atoms with Crippen LogP contribution in [-0.4, -0.2) is 22.4 Å². The molecular formula is C7H15N3OS2. The van der Waals surface area contributed by atoms with Crippen molar-refractivity contribution >= 4 is 36.3 Å². The topological polar surface area (TPSA) is 81.5 Å². The van der Waals surface area contributed by atoms with Crippen LogP contribution in [0.25, 0.3) is 0 Å². The third kappa shape index (κ3) is 5.81. The summed E-state index contributed by atoms with van der Waals surface area (Å²) in [6.07, 6.45) is 1.32. The Bertz CT molecular complexity index is 212. The van der Waals surface area contributed by atoms with E-state index in [0.717, 1.165) is 0 Å². The molecule has 0 amide bonds. The van der Waals surface area contributed by atoms with Crippen LogP contribution in [-0.2, 0) is 4.79 Å². The molecule has 0 fully saturated rings. The molecule has 0 bridgehead atoms. The standard InChI is InChI=1S/C7H15N3OS2/c1-7(13,5(11)12)3-2-4-10-6(8)9/h13H,2-4H2,1H3,(H,11,12)(H4,8,9,10). The minimum atomic E-state index is -0.692. The Labute approximate surface area is 89.0 Å². The van der Waals surface area contributed by atoms with Crippen molar-refractivity contribution in [1.82, 2.24) is 0 Å². The molecule has 0 spiro atoms.